The van der Waals surface area contributed by atoms with E-state index in [1.165, 1.54) is 80.9 Å². The standard InChI is InChI=1S/C34H52NOPS/c1-33(2,3)27-24-22-26(23-25-27)32(35(7)38(36)34(4,5)6)30-20-14-15-21-31(30)37(28-16-10-8-11-17-28)29-18-12-9-13-19-29/h14-15,20-25,28-29,32H,8-13,16-19H2,1-7H3/t32-,38?/m1/s1. The molecule has 0 N–H and O–H groups in total. The normalized spacial score (nSPS) is 20.1. The number of nitrogens with zero attached hydrogens (tertiary/aromatic N) is 1. The molecule has 2 aliphatic rings. The van der Waals surface area contributed by atoms with Gasteiger partial charge in [-0.25, -0.2) is 8.51 Å². The molecule has 0 saturated heterocycles. The van der Waals surface area contributed by atoms with Crippen molar-refractivity contribution in [2.24, 2.45) is 0 Å². The van der Waals surface area contributed by atoms with Gasteiger partial charge in [0, 0.05) is 7.05 Å². The highest BCUT2D eigenvalue weighted by molar-refractivity contribution is 7.84. The molecule has 2 fully saturated rings. The molecule has 0 spiro atoms. The van der Waals surface area contributed by atoms with Crippen LogP contribution >= 0.6 is 7.92 Å². The minimum absolute atomic E-state index is 0.0162. The monoisotopic (exact) mass is 553 g/mol. The minimum atomic E-state index is -1.13. The lowest BCUT2D eigenvalue weighted by molar-refractivity contribution is 0.440. The Labute approximate surface area is 237 Å². The molecular weight excluding hydrogens is 501 g/mol. The Bertz CT molecular complexity index is 1040. The Balaban J connectivity index is 1.84. The van der Waals surface area contributed by atoms with E-state index in [1.54, 1.807) is 5.30 Å². The fourth-order valence-electron chi connectivity index (χ4n) is 6.64. The van der Waals surface area contributed by atoms with E-state index in [2.05, 4.69) is 101 Å². The molecule has 2 aromatic rings. The van der Waals surface area contributed by atoms with E-state index in [9.17, 15) is 4.21 Å². The molecule has 0 radical (unpaired) electrons. The molecule has 4 rings (SSSR count). The average Bonchev–Trinajstić information content (AvgIpc) is 2.90. The highest BCUT2D eigenvalue weighted by atomic mass is 32.2. The van der Waals surface area contributed by atoms with Crippen LogP contribution in [0.2, 0.25) is 0 Å². The van der Waals surface area contributed by atoms with Crippen molar-refractivity contribution in [2.75, 3.05) is 7.05 Å². The quantitative estimate of drug-likeness (QED) is 0.313. The van der Waals surface area contributed by atoms with Crippen LogP contribution in [0.5, 0.6) is 0 Å². The molecule has 2 aromatic carbocycles. The van der Waals surface area contributed by atoms with Crippen molar-refractivity contribution in [1.82, 2.24) is 4.31 Å². The molecule has 0 aliphatic heterocycles. The van der Waals surface area contributed by atoms with Crippen molar-refractivity contribution in [3.05, 3.63) is 65.2 Å². The Morgan fingerprint density at radius 3 is 1.74 bits per heavy atom. The summed E-state index contributed by atoms with van der Waals surface area (Å²) in [6.45, 7) is 13.1. The second-order valence-electron chi connectivity index (χ2n) is 13.7. The van der Waals surface area contributed by atoms with Crippen LogP contribution in [0.15, 0.2) is 48.5 Å². The molecule has 2 nitrogen and oxygen atoms in total. The summed E-state index contributed by atoms with van der Waals surface area (Å²) in [5.74, 6) is 0. The number of hydrogen-bond donors (Lipinski definition) is 0. The summed E-state index contributed by atoms with van der Waals surface area (Å²) in [7, 11) is 0.703. The van der Waals surface area contributed by atoms with Crippen molar-refractivity contribution < 1.29 is 4.21 Å². The van der Waals surface area contributed by atoms with E-state index in [0.29, 0.717) is 0 Å². The van der Waals surface area contributed by atoms with Crippen molar-refractivity contribution in [1.29, 1.82) is 0 Å². The van der Waals surface area contributed by atoms with E-state index in [4.69, 9.17) is 0 Å². The van der Waals surface area contributed by atoms with Crippen molar-refractivity contribution >= 4 is 24.2 Å². The molecule has 2 saturated carbocycles. The van der Waals surface area contributed by atoms with Crippen LogP contribution in [0.3, 0.4) is 0 Å². The first-order valence-electron chi connectivity index (χ1n) is 15.1. The first-order chi connectivity index (χ1) is 18.0. The molecular formula is C34H52NOPS. The van der Waals surface area contributed by atoms with Gasteiger partial charge in [-0.3, -0.25) is 0 Å². The maximum Gasteiger partial charge on any atom is 0.100 e. The minimum Gasteiger partial charge on any atom is -0.242 e. The second kappa shape index (κ2) is 12.7. The first kappa shape index (κ1) is 30.0. The zero-order chi connectivity index (χ0) is 27.5. The molecule has 2 aliphatic carbocycles. The lowest BCUT2D eigenvalue weighted by Gasteiger charge is -2.41. The molecule has 0 aromatic heterocycles. The highest BCUT2D eigenvalue weighted by Gasteiger charge is 2.37. The summed E-state index contributed by atoms with van der Waals surface area (Å²) in [6, 6.07) is 18.5. The summed E-state index contributed by atoms with van der Waals surface area (Å²) in [6.07, 6.45) is 14.0. The van der Waals surface area contributed by atoms with E-state index in [1.807, 2.05) is 0 Å². The van der Waals surface area contributed by atoms with Crippen LogP contribution in [0.4, 0.5) is 0 Å². The van der Waals surface area contributed by atoms with Crippen LogP contribution in [0.1, 0.15) is 128 Å². The lowest BCUT2D eigenvalue weighted by atomic mass is 9.86. The summed E-state index contributed by atoms with van der Waals surface area (Å²) in [5.41, 5.74) is 5.80. The predicted octanol–water partition coefficient (Wildman–Crippen LogP) is 9.24. The molecule has 0 heterocycles. The van der Waals surface area contributed by atoms with E-state index in [0.717, 1.165) is 11.3 Å². The van der Waals surface area contributed by atoms with Gasteiger partial charge in [0.2, 0.25) is 0 Å². The van der Waals surface area contributed by atoms with Gasteiger partial charge >= 0.3 is 0 Å². The smallest absolute Gasteiger partial charge is 0.100 e. The SMILES string of the molecule is CN([C@H](c1ccc(C(C)(C)C)cc1)c1ccccc1P(C1CCCCC1)C1CCCCC1)S(=O)C(C)(C)C. The molecule has 0 bridgehead atoms. The van der Waals surface area contributed by atoms with Crippen LogP contribution in [-0.4, -0.2) is 31.6 Å². The Morgan fingerprint density at radius 2 is 1.26 bits per heavy atom. The lowest BCUT2D eigenvalue weighted by Crippen LogP contribution is -2.39. The molecule has 0 amide bonds. The topological polar surface area (TPSA) is 20.3 Å². The molecule has 2 atom stereocenters. The van der Waals surface area contributed by atoms with Gasteiger partial charge in [0.15, 0.2) is 0 Å². The fourth-order valence-corrected chi connectivity index (χ4v) is 11.9. The van der Waals surface area contributed by atoms with Crippen LogP contribution in [-0.2, 0) is 16.4 Å². The Kier molecular flexibility index (Phi) is 9.97. The van der Waals surface area contributed by atoms with Crippen LogP contribution < -0.4 is 5.30 Å². The summed E-state index contributed by atoms with van der Waals surface area (Å²) in [4.78, 5) is 0. The van der Waals surface area contributed by atoms with Crippen molar-refractivity contribution in [3.8, 4) is 0 Å². The van der Waals surface area contributed by atoms with Crippen LogP contribution in [0.25, 0.3) is 0 Å². The first-order valence-corrected chi connectivity index (χ1v) is 17.7. The van der Waals surface area contributed by atoms with Crippen LogP contribution in [0, 0.1) is 0 Å². The molecule has 1 unspecified atom stereocenters. The summed E-state index contributed by atoms with van der Waals surface area (Å²) < 4.78 is 15.8. The molecule has 38 heavy (non-hydrogen) atoms. The third-order valence-electron chi connectivity index (χ3n) is 8.69. The van der Waals surface area contributed by atoms with Gasteiger partial charge < -0.3 is 0 Å². The summed E-state index contributed by atoms with van der Waals surface area (Å²) in [5, 5.41) is 1.60. The van der Waals surface area contributed by atoms with Gasteiger partial charge in [0.05, 0.1) is 10.8 Å². The van der Waals surface area contributed by atoms with Gasteiger partial charge in [0.1, 0.15) is 11.0 Å². The number of hydrogen-bond acceptors (Lipinski definition) is 1. The maximum atomic E-state index is 13.9. The Morgan fingerprint density at radius 1 is 0.763 bits per heavy atom. The maximum absolute atomic E-state index is 13.9. The van der Waals surface area contributed by atoms with Gasteiger partial charge in [-0.15, -0.1) is 0 Å². The van der Waals surface area contributed by atoms with E-state index in [-0.39, 0.29) is 24.1 Å². The fraction of sp³-hybridized carbons (Fsp3) is 0.647. The van der Waals surface area contributed by atoms with Gasteiger partial charge in [-0.2, -0.15) is 0 Å². The van der Waals surface area contributed by atoms with Gasteiger partial charge in [-0.05, 0) is 85.2 Å². The predicted molar refractivity (Wildman–Crippen MR) is 169 cm³/mol. The highest BCUT2D eigenvalue weighted by Crippen LogP contribution is 2.56. The van der Waals surface area contributed by atoms with Crippen molar-refractivity contribution in [3.63, 3.8) is 0 Å². The number of rotatable bonds is 7. The van der Waals surface area contributed by atoms with E-state index >= 15 is 0 Å². The Hall–Kier alpha value is -1.02. The third-order valence-corrected chi connectivity index (χ3v) is 14.0. The third kappa shape index (κ3) is 7.00. The van der Waals surface area contributed by atoms with Gasteiger partial charge in [-0.1, -0.05) is 116 Å². The van der Waals surface area contributed by atoms with Gasteiger partial charge in [0.25, 0.3) is 0 Å². The zero-order valence-corrected chi connectivity index (χ0v) is 26.8. The van der Waals surface area contributed by atoms with Crippen molar-refractivity contribution in [2.45, 2.75) is 133 Å². The number of benzene rings is 2. The molecule has 4 heteroatoms. The molecule has 210 valence electrons. The average molecular weight is 554 g/mol. The second-order valence-corrected chi connectivity index (χ2v) is 18.8. The zero-order valence-electron chi connectivity index (χ0n) is 25.1. The largest absolute Gasteiger partial charge is 0.242 e. The van der Waals surface area contributed by atoms with E-state index < -0.39 is 11.0 Å². The summed E-state index contributed by atoms with van der Waals surface area (Å²) >= 11 is 0.